The van der Waals surface area contributed by atoms with Gasteiger partial charge in [0.25, 0.3) is 0 Å². The minimum absolute atomic E-state index is 0.00551. The fourth-order valence-electron chi connectivity index (χ4n) is 1.75. The Hall–Kier alpha value is -0.380. The van der Waals surface area contributed by atoms with Crippen molar-refractivity contribution in [3.63, 3.8) is 0 Å². The van der Waals surface area contributed by atoms with E-state index in [4.69, 9.17) is 0 Å². The number of carbonyl (C=O) groups excluding carboxylic acids is 1. The van der Waals surface area contributed by atoms with Crippen molar-refractivity contribution in [1.82, 2.24) is 10.6 Å². The molecule has 2 N–H and O–H groups in total. The number of urea groups is 1. The van der Waals surface area contributed by atoms with Crippen LogP contribution in [0.2, 0.25) is 0 Å². The van der Waals surface area contributed by atoms with E-state index in [9.17, 15) is 4.79 Å². The Balaban J connectivity index is 2.06. The van der Waals surface area contributed by atoms with Crippen molar-refractivity contribution in [3.05, 3.63) is 0 Å². The van der Waals surface area contributed by atoms with E-state index in [2.05, 4.69) is 10.6 Å². The third kappa shape index (κ3) is 4.74. The van der Waals surface area contributed by atoms with Gasteiger partial charge < -0.3 is 10.6 Å². The molecule has 1 aliphatic rings. The van der Waals surface area contributed by atoms with Gasteiger partial charge in [-0.2, -0.15) is 11.8 Å². The lowest BCUT2D eigenvalue weighted by Crippen LogP contribution is -2.43. The molecule has 0 aromatic rings. The SMILES string of the molecule is CSCCNC(=O)NC1CCCCC1. The van der Waals surface area contributed by atoms with Crippen LogP contribution in [-0.2, 0) is 0 Å². The van der Waals surface area contributed by atoms with Crippen LogP contribution in [0.15, 0.2) is 0 Å². The van der Waals surface area contributed by atoms with E-state index in [1.807, 2.05) is 6.26 Å². The fourth-order valence-corrected chi connectivity index (χ4v) is 2.06. The zero-order chi connectivity index (χ0) is 10.2. The predicted molar refractivity (Wildman–Crippen MR) is 61.8 cm³/mol. The van der Waals surface area contributed by atoms with Crippen LogP contribution in [0.4, 0.5) is 4.79 Å². The van der Waals surface area contributed by atoms with Gasteiger partial charge in [-0.05, 0) is 19.1 Å². The Labute approximate surface area is 90.4 Å². The van der Waals surface area contributed by atoms with E-state index in [1.54, 1.807) is 11.8 Å². The van der Waals surface area contributed by atoms with Crippen LogP contribution in [0.1, 0.15) is 32.1 Å². The molecule has 4 heteroatoms. The predicted octanol–water partition coefficient (Wildman–Crippen LogP) is 1.98. The van der Waals surface area contributed by atoms with Crippen molar-refractivity contribution < 1.29 is 4.79 Å². The van der Waals surface area contributed by atoms with Gasteiger partial charge in [0, 0.05) is 18.3 Å². The molecule has 82 valence electrons. The molecule has 0 atom stereocenters. The van der Waals surface area contributed by atoms with Crippen molar-refractivity contribution in [3.8, 4) is 0 Å². The number of rotatable bonds is 4. The van der Waals surface area contributed by atoms with Crippen LogP contribution in [0.5, 0.6) is 0 Å². The minimum Gasteiger partial charge on any atom is -0.337 e. The Morgan fingerprint density at radius 2 is 2.07 bits per heavy atom. The highest BCUT2D eigenvalue weighted by atomic mass is 32.2. The van der Waals surface area contributed by atoms with Crippen molar-refractivity contribution in [2.45, 2.75) is 38.1 Å². The molecule has 0 heterocycles. The number of hydrogen-bond acceptors (Lipinski definition) is 2. The maximum absolute atomic E-state index is 11.4. The van der Waals surface area contributed by atoms with Crippen molar-refractivity contribution in [2.24, 2.45) is 0 Å². The average molecular weight is 216 g/mol. The molecule has 0 aromatic heterocycles. The van der Waals surface area contributed by atoms with Crippen LogP contribution >= 0.6 is 11.8 Å². The van der Waals surface area contributed by atoms with Gasteiger partial charge >= 0.3 is 6.03 Å². The molecule has 2 amide bonds. The molecule has 0 spiro atoms. The number of hydrogen-bond donors (Lipinski definition) is 2. The molecule has 0 saturated heterocycles. The lowest BCUT2D eigenvalue weighted by molar-refractivity contribution is 0.233. The van der Waals surface area contributed by atoms with E-state index in [1.165, 1.54) is 19.3 Å². The smallest absolute Gasteiger partial charge is 0.315 e. The highest BCUT2D eigenvalue weighted by Gasteiger charge is 2.14. The summed E-state index contributed by atoms with van der Waals surface area (Å²) in [6, 6.07) is 0.420. The molecule has 0 aliphatic heterocycles. The lowest BCUT2D eigenvalue weighted by Gasteiger charge is -2.22. The third-order valence-corrected chi connectivity index (χ3v) is 3.14. The summed E-state index contributed by atoms with van der Waals surface area (Å²) in [7, 11) is 0. The zero-order valence-corrected chi connectivity index (χ0v) is 9.66. The fraction of sp³-hybridized carbons (Fsp3) is 0.900. The van der Waals surface area contributed by atoms with Crippen LogP contribution in [-0.4, -0.2) is 30.6 Å². The summed E-state index contributed by atoms with van der Waals surface area (Å²) in [4.78, 5) is 11.4. The normalized spacial score (nSPS) is 17.8. The first-order valence-corrected chi connectivity index (χ1v) is 6.75. The van der Waals surface area contributed by atoms with E-state index in [0.29, 0.717) is 6.04 Å². The van der Waals surface area contributed by atoms with Gasteiger partial charge in [0.15, 0.2) is 0 Å². The molecule has 0 unspecified atom stereocenters. The third-order valence-electron chi connectivity index (χ3n) is 2.53. The summed E-state index contributed by atoms with van der Waals surface area (Å²) in [6.07, 6.45) is 8.18. The largest absolute Gasteiger partial charge is 0.337 e. The van der Waals surface area contributed by atoms with Gasteiger partial charge in [-0.1, -0.05) is 19.3 Å². The first-order chi connectivity index (χ1) is 6.83. The summed E-state index contributed by atoms with van der Waals surface area (Å²) < 4.78 is 0. The van der Waals surface area contributed by atoms with Crippen LogP contribution in [0.3, 0.4) is 0 Å². The monoisotopic (exact) mass is 216 g/mol. The Bertz CT molecular complexity index is 170. The Morgan fingerprint density at radius 3 is 2.71 bits per heavy atom. The van der Waals surface area contributed by atoms with Gasteiger partial charge in [0.2, 0.25) is 0 Å². The second-order valence-corrected chi connectivity index (χ2v) is 4.71. The number of thioether (sulfide) groups is 1. The standard InChI is InChI=1S/C10H20N2OS/c1-14-8-7-11-10(13)12-9-5-3-2-4-6-9/h9H,2-8H2,1H3,(H2,11,12,13). The van der Waals surface area contributed by atoms with E-state index in [-0.39, 0.29) is 6.03 Å². The molecule has 3 nitrogen and oxygen atoms in total. The average Bonchev–Trinajstić information content (AvgIpc) is 2.20. The van der Waals surface area contributed by atoms with Crippen molar-refractivity contribution >= 4 is 17.8 Å². The second kappa shape index (κ2) is 6.98. The van der Waals surface area contributed by atoms with Gasteiger partial charge in [-0.15, -0.1) is 0 Å². The minimum atomic E-state index is 0.00551. The van der Waals surface area contributed by atoms with Gasteiger partial charge in [-0.25, -0.2) is 4.79 Å². The molecule has 0 aromatic carbocycles. The lowest BCUT2D eigenvalue weighted by atomic mass is 9.96. The Morgan fingerprint density at radius 1 is 1.36 bits per heavy atom. The highest BCUT2D eigenvalue weighted by Crippen LogP contribution is 2.16. The molecular formula is C10H20N2OS. The molecule has 0 bridgehead atoms. The number of amides is 2. The first kappa shape index (κ1) is 11.7. The zero-order valence-electron chi connectivity index (χ0n) is 8.84. The maximum Gasteiger partial charge on any atom is 0.315 e. The highest BCUT2D eigenvalue weighted by molar-refractivity contribution is 7.98. The summed E-state index contributed by atoms with van der Waals surface area (Å²) in [5, 5.41) is 5.88. The maximum atomic E-state index is 11.4. The summed E-state index contributed by atoms with van der Waals surface area (Å²) in [6.45, 7) is 0.764. The number of carbonyl (C=O) groups is 1. The van der Waals surface area contributed by atoms with Crippen LogP contribution in [0, 0.1) is 0 Å². The van der Waals surface area contributed by atoms with Gasteiger partial charge in [0.05, 0.1) is 0 Å². The molecular weight excluding hydrogens is 196 g/mol. The van der Waals surface area contributed by atoms with E-state index >= 15 is 0 Å². The summed E-state index contributed by atoms with van der Waals surface area (Å²) in [5.41, 5.74) is 0. The first-order valence-electron chi connectivity index (χ1n) is 5.36. The van der Waals surface area contributed by atoms with E-state index in [0.717, 1.165) is 25.1 Å². The molecule has 0 radical (unpaired) electrons. The summed E-state index contributed by atoms with van der Waals surface area (Å²) in [5.74, 6) is 0.984. The van der Waals surface area contributed by atoms with Crippen molar-refractivity contribution in [1.29, 1.82) is 0 Å². The van der Waals surface area contributed by atoms with E-state index < -0.39 is 0 Å². The topological polar surface area (TPSA) is 41.1 Å². The molecule has 1 saturated carbocycles. The number of nitrogens with one attached hydrogen (secondary N) is 2. The molecule has 14 heavy (non-hydrogen) atoms. The van der Waals surface area contributed by atoms with Crippen LogP contribution < -0.4 is 10.6 Å². The molecule has 1 aliphatic carbocycles. The molecule has 1 rings (SSSR count). The molecule has 1 fully saturated rings. The van der Waals surface area contributed by atoms with Gasteiger partial charge in [-0.3, -0.25) is 0 Å². The summed E-state index contributed by atoms with van der Waals surface area (Å²) >= 11 is 1.75. The van der Waals surface area contributed by atoms with Crippen molar-refractivity contribution in [2.75, 3.05) is 18.6 Å². The second-order valence-electron chi connectivity index (χ2n) is 3.73. The quantitative estimate of drug-likeness (QED) is 0.706. The van der Waals surface area contributed by atoms with Crippen LogP contribution in [0.25, 0.3) is 0 Å². The van der Waals surface area contributed by atoms with Gasteiger partial charge in [0.1, 0.15) is 0 Å². The Kier molecular flexibility index (Phi) is 5.83.